The Morgan fingerprint density at radius 1 is 0.917 bits per heavy atom. The molecule has 4 nitrogen and oxygen atoms in total. The molecular weight excluding hydrogens is 387 g/mol. The molecule has 1 heterocycles. The lowest BCUT2D eigenvalue weighted by Crippen LogP contribution is -2.11. The van der Waals surface area contributed by atoms with Crippen molar-refractivity contribution in [3.05, 3.63) is 70.0 Å². The lowest BCUT2D eigenvalue weighted by molar-refractivity contribution is 0.603. The van der Waals surface area contributed by atoms with E-state index in [4.69, 9.17) is 23.2 Å². The van der Waals surface area contributed by atoms with Gasteiger partial charge in [0, 0.05) is 16.4 Å². The van der Waals surface area contributed by atoms with Gasteiger partial charge in [-0.3, -0.25) is 4.72 Å². The van der Waals surface area contributed by atoms with E-state index < -0.39 is 10.0 Å². The minimum Gasteiger partial charge on any atom is -0.354 e. The summed E-state index contributed by atoms with van der Waals surface area (Å²) in [7, 11) is -3.54. The standard InChI is InChI=1S/C16H12Cl2N2O2S2/c17-11-3-8-15(14(18)10-11)19-12-4-6-13(7-5-12)20-24(21,22)16-2-1-9-23-16/h1-10,19-20H. The highest BCUT2D eigenvalue weighted by Crippen LogP contribution is 2.29. The van der Waals surface area contributed by atoms with Crippen LogP contribution in [-0.2, 0) is 10.0 Å². The van der Waals surface area contributed by atoms with Crippen molar-refractivity contribution in [2.45, 2.75) is 4.21 Å². The van der Waals surface area contributed by atoms with Gasteiger partial charge in [0.25, 0.3) is 10.0 Å². The van der Waals surface area contributed by atoms with Crippen LogP contribution in [0.4, 0.5) is 17.1 Å². The van der Waals surface area contributed by atoms with E-state index in [1.807, 2.05) is 0 Å². The topological polar surface area (TPSA) is 58.2 Å². The Bertz CT molecular complexity index is 941. The predicted octanol–water partition coefficient (Wildman–Crippen LogP) is 5.60. The van der Waals surface area contributed by atoms with Gasteiger partial charge >= 0.3 is 0 Å². The third-order valence-corrected chi connectivity index (χ3v) is 6.43. The largest absolute Gasteiger partial charge is 0.354 e. The van der Waals surface area contributed by atoms with Crippen LogP contribution >= 0.6 is 34.5 Å². The number of nitrogens with one attached hydrogen (secondary N) is 2. The zero-order chi connectivity index (χ0) is 17.2. The molecular formula is C16H12Cl2N2O2S2. The fraction of sp³-hybridized carbons (Fsp3) is 0. The molecule has 0 atom stereocenters. The number of anilines is 3. The fourth-order valence-corrected chi connectivity index (χ4v) is 4.50. The molecule has 0 spiro atoms. The van der Waals surface area contributed by atoms with E-state index in [1.165, 1.54) is 11.3 Å². The minimum atomic E-state index is -3.54. The molecule has 1 aromatic heterocycles. The number of benzene rings is 2. The summed E-state index contributed by atoms with van der Waals surface area (Å²) in [5, 5.41) is 5.93. The molecule has 0 unspecified atom stereocenters. The SMILES string of the molecule is O=S(=O)(Nc1ccc(Nc2ccc(Cl)cc2Cl)cc1)c1cccs1. The number of hydrogen-bond acceptors (Lipinski definition) is 4. The van der Waals surface area contributed by atoms with Crippen molar-refractivity contribution in [1.29, 1.82) is 0 Å². The Kier molecular flexibility index (Phi) is 5.01. The monoisotopic (exact) mass is 398 g/mol. The fourth-order valence-electron chi connectivity index (χ4n) is 1.99. The summed E-state index contributed by atoms with van der Waals surface area (Å²) in [5.74, 6) is 0. The first-order chi connectivity index (χ1) is 11.4. The quantitative estimate of drug-likeness (QED) is 0.587. The Labute approximate surface area is 154 Å². The van der Waals surface area contributed by atoms with Crippen molar-refractivity contribution in [2.24, 2.45) is 0 Å². The highest BCUT2D eigenvalue weighted by atomic mass is 35.5. The Morgan fingerprint density at radius 3 is 2.25 bits per heavy atom. The lowest BCUT2D eigenvalue weighted by atomic mass is 10.2. The number of hydrogen-bond donors (Lipinski definition) is 2. The highest BCUT2D eigenvalue weighted by molar-refractivity contribution is 7.94. The van der Waals surface area contributed by atoms with Crippen LogP contribution < -0.4 is 10.0 Å². The van der Waals surface area contributed by atoms with Crippen LogP contribution in [0, 0.1) is 0 Å². The van der Waals surface area contributed by atoms with Crippen molar-refractivity contribution in [1.82, 2.24) is 0 Å². The maximum absolute atomic E-state index is 12.2. The van der Waals surface area contributed by atoms with Crippen LogP contribution in [0.3, 0.4) is 0 Å². The van der Waals surface area contributed by atoms with Gasteiger partial charge in [0.05, 0.1) is 10.7 Å². The summed E-state index contributed by atoms with van der Waals surface area (Å²) < 4.78 is 27.2. The van der Waals surface area contributed by atoms with Gasteiger partial charge < -0.3 is 5.32 Å². The normalized spacial score (nSPS) is 11.2. The summed E-state index contributed by atoms with van der Waals surface area (Å²) in [5.41, 5.74) is 1.97. The zero-order valence-corrected chi connectivity index (χ0v) is 15.3. The van der Waals surface area contributed by atoms with Gasteiger partial charge in [-0.25, -0.2) is 8.42 Å². The zero-order valence-electron chi connectivity index (χ0n) is 12.2. The van der Waals surface area contributed by atoms with Crippen LogP contribution in [0.15, 0.2) is 64.2 Å². The molecule has 0 aliphatic carbocycles. The molecule has 0 aliphatic heterocycles. The molecule has 3 rings (SSSR count). The Morgan fingerprint density at radius 2 is 1.62 bits per heavy atom. The van der Waals surface area contributed by atoms with E-state index >= 15 is 0 Å². The first kappa shape index (κ1) is 17.1. The molecule has 0 fully saturated rings. The van der Waals surface area contributed by atoms with E-state index in [9.17, 15) is 8.42 Å². The molecule has 24 heavy (non-hydrogen) atoms. The highest BCUT2D eigenvalue weighted by Gasteiger charge is 2.14. The molecule has 124 valence electrons. The van der Waals surface area contributed by atoms with Crippen molar-refractivity contribution in [3.8, 4) is 0 Å². The van der Waals surface area contributed by atoms with Crippen molar-refractivity contribution in [2.75, 3.05) is 10.0 Å². The van der Waals surface area contributed by atoms with Crippen LogP contribution in [-0.4, -0.2) is 8.42 Å². The smallest absolute Gasteiger partial charge is 0.271 e. The molecule has 2 aromatic carbocycles. The second-order valence-electron chi connectivity index (χ2n) is 4.86. The first-order valence-electron chi connectivity index (χ1n) is 6.82. The van der Waals surface area contributed by atoms with E-state index in [0.717, 1.165) is 5.69 Å². The molecule has 3 aromatic rings. The van der Waals surface area contributed by atoms with Crippen LogP contribution in [0.5, 0.6) is 0 Å². The van der Waals surface area contributed by atoms with Gasteiger partial charge in [-0.15, -0.1) is 11.3 Å². The maximum Gasteiger partial charge on any atom is 0.271 e. The van der Waals surface area contributed by atoms with Crippen molar-refractivity contribution < 1.29 is 8.42 Å². The van der Waals surface area contributed by atoms with E-state index in [0.29, 0.717) is 21.4 Å². The van der Waals surface area contributed by atoms with Crippen molar-refractivity contribution >= 4 is 61.6 Å². The summed E-state index contributed by atoms with van der Waals surface area (Å²) >= 11 is 13.2. The average Bonchev–Trinajstić information content (AvgIpc) is 3.07. The molecule has 0 amide bonds. The number of rotatable bonds is 5. The number of sulfonamides is 1. The summed E-state index contributed by atoms with van der Waals surface area (Å²) in [6.45, 7) is 0. The molecule has 8 heteroatoms. The molecule has 0 radical (unpaired) electrons. The predicted molar refractivity (Wildman–Crippen MR) is 101 cm³/mol. The van der Waals surface area contributed by atoms with Gasteiger partial charge in [0.15, 0.2) is 0 Å². The molecule has 2 N–H and O–H groups in total. The van der Waals surface area contributed by atoms with Crippen LogP contribution in [0.1, 0.15) is 0 Å². The van der Waals surface area contributed by atoms with Crippen LogP contribution in [0.2, 0.25) is 10.0 Å². The summed E-state index contributed by atoms with van der Waals surface area (Å²) in [4.78, 5) is 0. The van der Waals surface area contributed by atoms with Gasteiger partial charge in [-0.1, -0.05) is 29.3 Å². The van der Waals surface area contributed by atoms with Crippen molar-refractivity contribution in [3.63, 3.8) is 0 Å². The third-order valence-electron chi connectivity index (χ3n) is 3.11. The number of thiophene rings is 1. The maximum atomic E-state index is 12.2. The van der Waals surface area contributed by atoms with E-state index in [-0.39, 0.29) is 4.21 Å². The van der Waals surface area contributed by atoms with E-state index in [1.54, 1.807) is 60.0 Å². The first-order valence-corrected chi connectivity index (χ1v) is 9.94. The lowest BCUT2D eigenvalue weighted by Gasteiger charge is -2.10. The molecule has 0 bridgehead atoms. The number of halogens is 2. The average molecular weight is 399 g/mol. The minimum absolute atomic E-state index is 0.276. The second kappa shape index (κ2) is 7.03. The Hall–Kier alpha value is -1.73. The van der Waals surface area contributed by atoms with Gasteiger partial charge in [-0.05, 0) is 53.9 Å². The third kappa shape index (κ3) is 4.02. The molecule has 0 saturated carbocycles. The van der Waals surface area contributed by atoms with Gasteiger partial charge in [0.2, 0.25) is 0 Å². The molecule has 0 saturated heterocycles. The van der Waals surface area contributed by atoms with Gasteiger partial charge in [-0.2, -0.15) is 0 Å². The van der Waals surface area contributed by atoms with E-state index in [2.05, 4.69) is 10.0 Å². The summed E-state index contributed by atoms with van der Waals surface area (Å²) in [6.07, 6.45) is 0. The molecule has 0 aliphatic rings. The van der Waals surface area contributed by atoms with Crippen LogP contribution in [0.25, 0.3) is 0 Å². The second-order valence-corrected chi connectivity index (χ2v) is 8.56. The van der Waals surface area contributed by atoms with Gasteiger partial charge in [0.1, 0.15) is 4.21 Å². The Balaban J connectivity index is 1.74. The summed E-state index contributed by atoms with van der Waals surface area (Å²) in [6, 6.07) is 15.3.